The minimum atomic E-state index is -0.808. The third-order valence-electron chi connectivity index (χ3n) is 5.40. The van der Waals surface area contributed by atoms with Gasteiger partial charge in [0.1, 0.15) is 5.57 Å². The molecule has 0 bridgehead atoms. The van der Waals surface area contributed by atoms with Crippen LogP contribution in [0, 0.1) is 13.8 Å². The summed E-state index contributed by atoms with van der Waals surface area (Å²) < 4.78 is 2.06. The first-order chi connectivity index (χ1) is 14.8. The molecule has 4 amide bonds. The number of hydrogen-bond acceptors (Lipinski definition) is 3. The molecule has 1 fully saturated rings. The lowest BCUT2D eigenvalue weighted by Crippen LogP contribution is -2.54. The fraction of sp³-hybridized carbons (Fsp3) is 0.125. The monoisotopic (exact) mass is 433 g/mol. The maximum atomic E-state index is 13.2. The van der Waals surface area contributed by atoms with E-state index in [0.29, 0.717) is 17.3 Å². The van der Waals surface area contributed by atoms with Crippen LogP contribution in [0.1, 0.15) is 16.8 Å². The summed E-state index contributed by atoms with van der Waals surface area (Å²) in [5.74, 6) is -1.43. The van der Waals surface area contributed by atoms with Gasteiger partial charge in [-0.05, 0) is 43.7 Å². The molecular weight excluding hydrogens is 414 g/mol. The van der Waals surface area contributed by atoms with Crippen molar-refractivity contribution in [2.45, 2.75) is 20.4 Å². The Morgan fingerprint density at radius 3 is 2.55 bits per heavy atom. The van der Waals surface area contributed by atoms with Gasteiger partial charge in [0.25, 0.3) is 11.8 Å². The molecular formula is C24H20ClN3O3. The molecule has 0 spiro atoms. The number of anilines is 1. The van der Waals surface area contributed by atoms with E-state index in [0.717, 1.165) is 32.6 Å². The Bertz CT molecular complexity index is 1300. The zero-order chi connectivity index (χ0) is 22.3. The molecule has 0 saturated carbocycles. The maximum absolute atomic E-state index is 13.2. The molecule has 1 N–H and O–H groups in total. The molecule has 0 radical (unpaired) electrons. The lowest BCUT2D eigenvalue weighted by Gasteiger charge is -2.26. The summed E-state index contributed by atoms with van der Waals surface area (Å²) >= 11 is 6.18. The molecule has 1 aromatic heterocycles. The Hall–Kier alpha value is -3.64. The standard InChI is InChI=1S/C24H20ClN3O3/c1-4-11-27-15(3)18(17-7-5-6-8-21(17)27)13-19-22(29)26-24(31)28(23(19)30)16-10-9-14(2)20(25)12-16/h4-10,12-13H,1,11H2,2-3H3,(H,26,29,31). The van der Waals surface area contributed by atoms with Crippen LogP contribution < -0.4 is 10.2 Å². The van der Waals surface area contributed by atoms with Crippen molar-refractivity contribution in [3.05, 3.63) is 82.5 Å². The molecule has 31 heavy (non-hydrogen) atoms. The Morgan fingerprint density at radius 1 is 1.10 bits per heavy atom. The van der Waals surface area contributed by atoms with E-state index in [-0.39, 0.29) is 5.57 Å². The van der Waals surface area contributed by atoms with Crippen LogP contribution in [0.5, 0.6) is 0 Å². The number of nitrogens with one attached hydrogen (secondary N) is 1. The van der Waals surface area contributed by atoms with Crippen molar-refractivity contribution in [3.63, 3.8) is 0 Å². The first-order valence-corrected chi connectivity index (χ1v) is 10.1. The quantitative estimate of drug-likeness (QED) is 0.366. The fourth-order valence-electron chi connectivity index (χ4n) is 3.76. The number of carbonyl (C=O) groups is 3. The van der Waals surface area contributed by atoms with Gasteiger partial charge in [0, 0.05) is 33.7 Å². The number of imide groups is 2. The van der Waals surface area contributed by atoms with Gasteiger partial charge in [-0.2, -0.15) is 0 Å². The van der Waals surface area contributed by atoms with Crippen molar-refractivity contribution in [2.24, 2.45) is 0 Å². The summed E-state index contributed by atoms with van der Waals surface area (Å²) in [6, 6.07) is 11.8. The van der Waals surface area contributed by atoms with Crippen LogP contribution in [-0.4, -0.2) is 22.4 Å². The zero-order valence-corrected chi connectivity index (χ0v) is 17.9. The normalized spacial score (nSPS) is 15.6. The molecule has 0 unspecified atom stereocenters. The zero-order valence-electron chi connectivity index (χ0n) is 17.1. The molecule has 2 aromatic carbocycles. The van der Waals surface area contributed by atoms with Crippen molar-refractivity contribution < 1.29 is 14.4 Å². The molecule has 0 aliphatic carbocycles. The SMILES string of the molecule is C=CCn1c(C)c(C=C2C(=O)NC(=O)N(c3ccc(C)c(Cl)c3)C2=O)c2ccccc21. The minimum Gasteiger partial charge on any atom is -0.340 e. The van der Waals surface area contributed by atoms with Gasteiger partial charge in [-0.15, -0.1) is 6.58 Å². The Morgan fingerprint density at radius 2 is 1.84 bits per heavy atom. The lowest BCUT2D eigenvalue weighted by atomic mass is 10.0. The molecule has 4 rings (SSSR count). The van der Waals surface area contributed by atoms with Crippen LogP contribution >= 0.6 is 11.6 Å². The van der Waals surface area contributed by atoms with Gasteiger partial charge in [0.2, 0.25) is 0 Å². The highest BCUT2D eigenvalue weighted by molar-refractivity contribution is 6.39. The van der Waals surface area contributed by atoms with E-state index < -0.39 is 17.8 Å². The van der Waals surface area contributed by atoms with Crippen LogP contribution in [0.4, 0.5) is 10.5 Å². The van der Waals surface area contributed by atoms with Gasteiger partial charge in [0.05, 0.1) is 5.69 Å². The van der Waals surface area contributed by atoms with E-state index in [1.165, 1.54) is 6.07 Å². The summed E-state index contributed by atoms with van der Waals surface area (Å²) in [6.45, 7) is 8.13. The summed E-state index contributed by atoms with van der Waals surface area (Å²) in [5.41, 5.74) is 3.58. The molecule has 0 atom stereocenters. The summed E-state index contributed by atoms with van der Waals surface area (Å²) in [7, 11) is 0. The predicted molar refractivity (Wildman–Crippen MR) is 122 cm³/mol. The van der Waals surface area contributed by atoms with Crippen LogP contribution in [0.25, 0.3) is 17.0 Å². The number of halogens is 1. The highest BCUT2D eigenvalue weighted by atomic mass is 35.5. The van der Waals surface area contributed by atoms with Crippen LogP contribution in [0.3, 0.4) is 0 Å². The second-order valence-electron chi connectivity index (χ2n) is 7.31. The summed E-state index contributed by atoms with van der Waals surface area (Å²) in [6.07, 6.45) is 3.33. The van der Waals surface area contributed by atoms with Crippen molar-refractivity contribution in [3.8, 4) is 0 Å². The number of rotatable bonds is 4. The highest BCUT2D eigenvalue weighted by Gasteiger charge is 2.37. The van der Waals surface area contributed by atoms with Crippen molar-refractivity contribution >= 4 is 52.1 Å². The number of para-hydroxylation sites is 1. The third-order valence-corrected chi connectivity index (χ3v) is 5.80. The van der Waals surface area contributed by atoms with Gasteiger partial charge >= 0.3 is 6.03 Å². The number of barbiturate groups is 1. The number of nitrogens with zero attached hydrogens (tertiary/aromatic N) is 2. The number of allylic oxidation sites excluding steroid dienone is 1. The van der Waals surface area contributed by atoms with E-state index in [9.17, 15) is 14.4 Å². The largest absolute Gasteiger partial charge is 0.340 e. The van der Waals surface area contributed by atoms with Gasteiger partial charge in [-0.25, -0.2) is 9.69 Å². The highest BCUT2D eigenvalue weighted by Crippen LogP contribution is 2.30. The second kappa shape index (κ2) is 7.89. The van der Waals surface area contributed by atoms with Gasteiger partial charge in [-0.3, -0.25) is 14.9 Å². The number of carbonyl (C=O) groups excluding carboxylic acids is 3. The number of aromatic nitrogens is 1. The van der Waals surface area contributed by atoms with Crippen molar-refractivity contribution in [2.75, 3.05) is 4.90 Å². The number of fused-ring (bicyclic) bond motifs is 1. The average molecular weight is 434 g/mol. The van der Waals surface area contributed by atoms with Gasteiger partial charge < -0.3 is 4.57 Å². The molecule has 1 saturated heterocycles. The second-order valence-corrected chi connectivity index (χ2v) is 7.71. The molecule has 156 valence electrons. The van der Waals surface area contributed by atoms with E-state index >= 15 is 0 Å². The van der Waals surface area contributed by atoms with Gasteiger partial charge in [-0.1, -0.05) is 41.9 Å². The van der Waals surface area contributed by atoms with Crippen molar-refractivity contribution in [1.29, 1.82) is 0 Å². The minimum absolute atomic E-state index is 0.124. The molecule has 1 aliphatic heterocycles. The predicted octanol–water partition coefficient (Wildman–Crippen LogP) is 4.76. The molecule has 6 nitrogen and oxygen atoms in total. The van der Waals surface area contributed by atoms with Gasteiger partial charge in [0.15, 0.2) is 0 Å². The van der Waals surface area contributed by atoms with E-state index in [1.807, 2.05) is 38.1 Å². The maximum Gasteiger partial charge on any atom is 0.335 e. The van der Waals surface area contributed by atoms with Crippen LogP contribution in [-0.2, 0) is 16.1 Å². The molecule has 7 heteroatoms. The molecule has 3 aromatic rings. The Labute approximate surface area is 184 Å². The number of urea groups is 1. The first-order valence-electron chi connectivity index (χ1n) is 9.69. The number of benzene rings is 2. The lowest BCUT2D eigenvalue weighted by molar-refractivity contribution is -0.122. The van der Waals surface area contributed by atoms with Crippen LogP contribution in [0.2, 0.25) is 5.02 Å². The van der Waals surface area contributed by atoms with Crippen molar-refractivity contribution in [1.82, 2.24) is 9.88 Å². The third kappa shape index (κ3) is 3.45. The van der Waals surface area contributed by atoms with Crippen LogP contribution in [0.15, 0.2) is 60.7 Å². The smallest absolute Gasteiger partial charge is 0.335 e. The number of aryl methyl sites for hydroxylation is 1. The Kier molecular flexibility index (Phi) is 5.25. The first kappa shape index (κ1) is 20.6. The van der Waals surface area contributed by atoms with E-state index in [2.05, 4.69) is 16.5 Å². The molecule has 1 aliphatic rings. The summed E-state index contributed by atoms with van der Waals surface area (Å²) in [4.78, 5) is 39.2. The van der Waals surface area contributed by atoms with E-state index in [4.69, 9.17) is 11.6 Å². The topological polar surface area (TPSA) is 71.4 Å². The summed E-state index contributed by atoms with van der Waals surface area (Å²) in [5, 5.41) is 3.58. The molecule has 2 heterocycles. The fourth-order valence-corrected chi connectivity index (χ4v) is 3.94. The average Bonchev–Trinajstić information content (AvgIpc) is 2.99. The number of amides is 4. The number of hydrogen-bond donors (Lipinski definition) is 1. The van der Waals surface area contributed by atoms with E-state index in [1.54, 1.807) is 24.3 Å². The Balaban J connectivity index is 1.86.